The van der Waals surface area contributed by atoms with Gasteiger partial charge in [-0.15, -0.1) is 11.3 Å². The molecule has 1 aliphatic heterocycles. The van der Waals surface area contributed by atoms with E-state index in [1.54, 1.807) is 30.3 Å². The Labute approximate surface area is 128 Å². The number of thiazole rings is 1. The van der Waals surface area contributed by atoms with Gasteiger partial charge in [-0.1, -0.05) is 0 Å². The van der Waals surface area contributed by atoms with Crippen LogP contribution in [0.15, 0.2) is 28.3 Å². The molecule has 1 atom stereocenters. The average Bonchev–Trinajstić information content (AvgIpc) is 3.00. The Bertz CT molecular complexity index is 675. The third-order valence-corrected chi connectivity index (χ3v) is 5.02. The van der Waals surface area contributed by atoms with Crippen LogP contribution in [0.4, 0.5) is 0 Å². The molecule has 1 N–H and O–H groups in total. The van der Waals surface area contributed by atoms with Crippen molar-refractivity contribution < 1.29 is 9.90 Å². The van der Waals surface area contributed by atoms with Gasteiger partial charge in [0.1, 0.15) is 9.61 Å². The minimum Gasteiger partial charge on any atom is -0.375 e. The maximum Gasteiger partial charge on any atom is 0.258 e. The topological polar surface area (TPSA) is 66.3 Å². The molecule has 5 nitrogen and oxygen atoms in total. The Kier molecular flexibility index (Phi) is 3.35. The lowest BCUT2D eigenvalue weighted by Crippen LogP contribution is -2.36. The molecule has 104 valence electrons. The van der Waals surface area contributed by atoms with Gasteiger partial charge in [-0.3, -0.25) is 9.78 Å². The summed E-state index contributed by atoms with van der Waals surface area (Å²) in [6.45, 7) is 0.551. The molecular weight excluding hydrogens is 342 g/mol. The summed E-state index contributed by atoms with van der Waals surface area (Å²) in [6, 6.07) is 3.42. The summed E-state index contributed by atoms with van der Waals surface area (Å²) in [5.41, 5.74) is -0.210. The molecule has 2 aromatic heterocycles. The van der Waals surface area contributed by atoms with E-state index in [9.17, 15) is 9.90 Å². The second-order valence-electron chi connectivity index (χ2n) is 4.74. The first-order valence-electron chi connectivity index (χ1n) is 6.06. The highest BCUT2D eigenvalue weighted by molar-refractivity contribution is 9.10. The van der Waals surface area contributed by atoms with Gasteiger partial charge in [-0.2, -0.15) is 0 Å². The molecule has 1 amide bonds. The number of likely N-dealkylation sites (N-methyl/N-ethyl adjacent to an activating group) is 1. The van der Waals surface area contributed by atoms with Crippen molar-refractivity contribution in [2.24, 2.45) is 0 Å². The lowest BCUT2D eigenvalue weighted by Gasteiger charge is -2.21. The van der Waals surface area contributed by atoms with Gasteiger partial charge in [-0.05, 0) is 33.6 Å². The molecule has 0 aromatic carbocycles. The van der Waals surface area contributed by atoms with Crippen molar-refractivity contribution in [2.45, 2.75) is 12.0 Å². The van der Waals surface area contributed by atoms with Crippen molar-refractivity contribution in [1.29, 1.82) is 0 Å². The molecule has 0 bridgehead atoms. The van der Waals surface area contributed by atoms with Crippen LogP contribution in [-0.2, 0) is 10.4 Å². The molecule has 20 heavy (non-hydrogen) atoms. The zero-order valence-electron chi connectivity index (χ0n) is 10.7. The van der Waals surface area contributed by atoms with E-state index < -0.39 is 5.60 Å². The maximum atomic E-state index is 12.1. The summed E-state index contributed by atoms with van der Waals surface area (Å²) in [4.78, 5) is 22.2. The van der Waals surface area contributed by atoms with Crippen LogP contribution in [0.1, 0.15) is 12.0 Å². The van der Waals surface area contributed by atoms with Crippen LogP contribution < -0.4 is 0 Å². The molecule has 1 aliphatic rings. The first kappa shape index (κ1) is 13.7. The first-order chi connectivity index (χ1) is 9.50. The van der Waals surface area contributed by atoms with Gasteiger partial charge in [0.05, 0.1) is 5.69 Å². The summed E-state index contributed by atoms with van der Waals surface area (Å²) >= 11 is 4.76. The largest absolute Gasteiger partial charge is 0.375 e. The van der Waals surface area contributed by atoms with Gasteiger partial charge in [-0.25, -0.2) is 4.98 Å². The molecule has 1 fully saturated rings. The molecular formula is C13H12BrN3O2S. The molecule has 1 unspecified atom stereocenters. The second-order valence-corrected chi connectivity index (χ2v) is 6.41. The number of hydrogen-bond acceptors (Lipinski definition) is 5. The predicted octanol–water partition coefficient (Wildman–Crippen LogP) is 2.02. The van der Waals surface area contributed by atoms with Crippen LogP contribution in [0, 0.1) is 0 Å². The Hall–Kier alpha value is -1.31. The fraction of sp³-hybridized carbons (Fsp3) is 0.308. The SMILES string of the molecule is CN1CCC(O)(c2ccnc(-c3nc(Br)cs3)c2)C1=O. The average molecular weight is 354 g/mol. The third kappa shape index (κ3) is 2.15. The summed E-state index contributed by atoms with van der Waals surface area (Å²) in [5.74, 6) is -0.269. The van der Waals surface area contributed by atoms with E-state index in [1.807, 2.05) is 5.38 Å². The monoisotopic (exact) mass is 353 g/mol. The molecule has 7 heteroatoms. The fourth-order valence-corrected chi connectivity index (χ4v) is 3.52. The Morgan fingerprint density at radius 1 is 1.55 bits per heavy atom. The van der Waals surface area contributed by atoms with E-state index in [0.717, 1.165) is 9.61 Å². The number of aliphatic hydroxyl groups is 1. The van der Waals surface area contributed by atoms with Crippen molar-refractivity contribution >= 4 is 33.2 Å². The molecule has 3 rings (SSSR count). The number of carbonyl (C=O) groups is 1. The highest BCUT2D eigenvalue weighted by Crippen LogP contribution is 2.34. The number of carbonyl (C=O) groups excluding carboxylic acids is 1. The first-order valence-corrected chi connectivity index (χ1v) is 7.74. The van der Waals surface area contributed by atoms with E-state index in [2.05, 4.69) is 25.9 Å². The van der Waals surface area contributed by atoms with Crippen LogP contribution in [0.3, 0.4) is 0 Å². The number of nitrogens with zero attached hydrogens (tertiary/aromatic N) is 3. The quantitative estimate of drug-likeness (QED) is 0.896. The fourth-order valence-electron chi connectivity index (χ4n) is 2.30. The van der Waals surface area contributed by atoms with E-state index in [4.69, 9.17) is 0 Å². The van der Waals surface area contributed by atoms with Crippen molar-refractivity contribution in [2.75, 3.05) is 13.6 Å². The van der Waals surface area contributed by atoms with Crippen LogP contribution in [0.2, 0.25) is 0 Å². The maximum absolute atomic E-state index is 12.1. The van der Waals surface area contributed by atoms with Gasteiger partial charge in [0.15, 0.2) is 5.60 Å². The smallest absolute Gasteiger partial charge is 0.258 e. The summed E-state index contributed by atoms with van der Waals surface area (Å²) in [7, 11) is 1.69. The minimum absolute atomic E-state index is 0.269. The van der Waals surface area contributed by atoms with E-state index in [-0.39, 0.29) is 5.91 Å². The molecule has 3 heterocycles. The number of amides is 1. The Morgan fingerprint density at radius 2 is 2.35 bits per heavy atom. The number of likely N-dealkylation sites (tertiary alicyclic amines) is 1. The number of pyridine rings is 1. The number of hydrogen-bond donors (Lipinski definition) is 1. The zero-order chi connectivity index (χ0) is 14.3. The summed E-state index contributed by atoms with van der Waals surface area (Å²) in [5, 5.41) is 13.3. The Morgan fingerprint density at radius 3 is 2.95 bits per heavy atom. The lowest BCUT2D eigenvalue weighted by molar-refractivity contribution is -0.143. The number of aromatic nitrogens is 2. The van der Waals surface area contributed by atoms with E-state index in [1.165, 1.54) is 11.3 Å². The second kappa shape index (κ2) is 4.91. The third-order valence-electron chi connectivity index (χ3n) is 3.44. The standard InChI is InChI=1S/C13H12BrN3O2S/c1-17-5-3-13(19,12(17)18)8-2-4-15-9(6-8)11-16-10(14)7-20-11/h2,4,6-7,19H,3,5H2,1H3. The van der Waals surface area contributed by atoms with Gasteiger partial charge >= 0.3 is 0 Å². The van der Waals surface area contributed by atoms with Crippen LogP contribution >= 0.6 is 27.3 Å². The minimum atomic E-state index is -1.44. The zero-order valence-corrected chi connectivity index (χ0v) is 13.1. The van der Waals surface area contributed by atoms with Crippen molar-refractivity contribution in [3.63, 3.8) is 0 Å². The highest BCUT2D eigenvalue weighted by Gasteiger charge is 2.45. The highest BCUT2D eigenvalue weighted by atomic mass is 79.9. The molecule has 0 radical (unpaired) electrons. The molecule has 2 aromatic rings. The molecule has 0 spiro atoms. The predicted molar refractivity (Wildman–Crippen MR) is 79.2 cm³/mol. The number of rotatable bonds is 2. The molecule has 1 saturated heterocycles. The van der Waals surface area contributed by atoms with Gasteiger partial charge < -0.3 is 10.0 Å². The van der Waals surface area contributed by atoms with Crippen LogP contribution in [0.25, 0.3) is 10.7 Å². The van der Waals surface area contributed by atoms with E-state index >= 15 is 0 Å². The van der Waals surface area contributed by atoms with Gasteiger partial charge in [0.25, 0.3) is 5.91 Å². The summed E-state index contributed by atoms with van der Waals surface area (Å²) < 4.78 is 0.750. The Balaban J connectivity index is 2.02. The van der Waals surface area contributed by atoms with E-state index in [0.29, 0.717) is 24.2 Å². The van der Waals surface area contributed by atoms with Crippen LogP contribution in [-0.4, -0.2) is 39.5 Å². The van der Waals surface area contributed by atoms with Gasteiger partial charge in [0.2, 0.25) is 0 Å². The van der Waals surface area contributed by atoms with Crippen molar-refractivity contribution in [3.05, 3.63) is 33.9 Å². The van der Waals surface area contributed by atoms with Crippen molar-refractivity contribution in [3.8, 4) is 10.7 Å². The van der Waals surface area contributed by atoms with Crippen molar-refractivity contribution in [1.82, 2.24) is 14.9 Å². The van der Waals surface area contributed by atoms with Gasteiger partial charge in [0, 0.05) is 31.6 Å². The molecule has 0 aliphatic carbocycles. The molecule has 0 saturated carbocycles. The lowest BCUT2D eigenvalue weighted by atomic mass is 9.92. The van der Waals surface area contributed by atoms with Crippen LogP contribution in [0.5, 0.6) is 0 Å². The summed E-state index contributed by atoms with van der Waals surface area (Å²) in [6.07, 6.45) is 2.00. The normalized spacial score (nSPS) is 22.6. The number of halogens is 1.